The lowest BCUT2D eigenvalue weighted by molar-refractivity contribution is -0.148. The molecule has 1 saturated carbocycles. The predicted molar refractivity (Wildman–Crippen MR) is 67.9 cm³/mol. The van der Waals surface area contributed by atoms with Gasteiger partial charge < -0.3 is 9.64 Å². The molecule has 4 heteroatoms. The van der Waals surface area contributed by atoms with Crippen LogP contribution in [-0.4, -0.2) is 36.0 Å². The first kappa shape index (κ1) is 13.4. The van der Waals surface area contributed by atoms with E-state index in [4.69, 9.17) is 4.74 Å². The molecule has 0 bridgehead atoms. The Morgan fingerprint density at radius 1 is 1.28 bits per heavy atom. The van der Waals surface area contributed by atoms with E-state index < -0.39 is 0 Å². The number of hydrogen-bond acceptors (Lipinski definition) is 3. The summed E-state index contributed by atoms with van der Waals surface area (Å²) in [5.41, 5.74) is 0. The quantitative estimate of drug-likeness (QED) is 0.724. The minimum atomic E-state index is -0.270. The number of hydrogen-bond donors (Lipinski definition) is 0. The lowest BCUT2D eigenvalue weighted by atomic mass is 9.87. The maximum atomic E-state index is 12.0. The van der Waals surface area contributed by atoms with E-state index in [1.807, 2.05) is 0 Å². The van der Waals surface area contributed by atoms with Gasteiger partial charge in [-0.25, -0.2) is 0 Å². The molecule has 18 heavy (non-hydrogen) atoms. The summed E-state index contributed by atoms with van der Waals surface area (Å²) in [6, 6.07) is 0.280. The Kier molecular flexibility index (Phi) is 4.61. The molecule has 0 aromatic carbocycles. The fourth-order valence-corrected chi connectivity index (χ4v) is 3.27. The van der Waals surface area contributed by atoms with Gasteiger partial charge in [0.05, 0.1) is 6.61 Å². The van der Waals surface area contributed by atoms with Crippen molar-refractivity contribution < 1.29 is 14.3 Å². The summed E-state index contributed by atoms with van der Waals surface area (Å²) in [6.07, 6.45) is 7.75. The van der Waals surface area contributed by atoms with Crippen LogP contribution in [0.15, 0.2) is 0 Å². The van der Waals surface area contributed by atoms with Crippen molar-refractivity contribution in [3.8, 4) is 0 Å². The summed E-state index contributed by atoms with van der Waals surface area (Å²) in [5, 5.41) is 0. The molecule has 102 valence electrons. The van der Waals surface area contributed by atoms with Crippen LogP contribution < -0.4 is 0 Å². The van der Waals surface area contributed by atoms with Crippen LogP contribution in [0.2, 0.25) is 0 Å². The van der Waals surface area contributed by atoms with E-state index in [0.29, 0.717) is 18.9 Å². The molecule has 2 aliphatic rings. The molecule has 0 radical (unpaired) electrons. The Balaban J connectivity index is 1.99. The molecule has 1 heterocycles. The number of carbonyl (C=O) groups is 2. The lowest BCUT2D eigenvalue weighted by Gasteiger charge is -2.29. The summed E-state index contributed by atoms with van der Waals surface area (Å²) in [5.74, 6) is 0.334. The largest absolute Gasteiger partial charge is 0.465 e. The summed E-state index contributed by atoms with van der Waals surface area (Å²) >= 11 is 0. The number of amides is 1. The molecule has 2 atom stereocenters. The van der Waals surface area contributed by atoms with Gasteiger partial charge in [0.25, 0.3) is 0 Å². The maximum absolute atomic E-state index is 12.0. The number of esters is 1. The third kappa shape index (κ3) is 3.03. The van der Waals surface area contributed by atoms with Crippen molar-refractivity contribution in [2.24, 2.45) is 5.92 Å². The Morgan fingerprint density at radius 3 is 2.72 bits per heavy atom. The summed E-state index contributed by atoms with van der Waals surface area (Å²) < 4.78 is 4.95. The van der Waals surface area contributed by atoms with Crippen molar-refractivity contribution in [2.45, 2.75) is 57.9 Å². The van der Waals surface area contributed by atoms with Crippen molar-refractivity contribution >= 4 is 11.9 Å². The molecule has 0 aromatic rings. The predicted octanol–water partition coefficient (Wildman–Crippen LogP) is 2.12. The Hall–Kier alpha value is -1.06. The average Bonchev–Trinajstić information content (AvgIpc) is 2.56. The molecule has 2 rings (SSSR count). The Morgan fingerprint density at radius 2 is 2.00 bits per heavy atom. The lowest BCUT2D eigenvalue weighted by Crippen LogP contribution is -2.40. The van der Waals surface area contributed by atoms with Crippen LogP contribution in [0.1, 0.15) is 51.9 Å². The number of rotatable bonds is 3. The van der Waals surface area contributed by atoms with E-state index in [2.05, 4.69) is 0 Å². The molecule has 2 fully saturated rings. The third-order valence-corrected chi connectivity index (χ3v) is 4.13. The van der Waals surface area contributed by atoms with Crippen molar-refractivity contribution in [1.29, 1.82) is 0 Å². The van der Waals surface area contributed by atoms with E-state index in [9.17, 15) is 9.59 Å². The molecule has 1 amide bonds. The van der Waals surface area contributed by atoms with E-state index in [-0.39, 0.29) is 24.5 Å². The highest BCUT2D eigenvalue weighted by atomic mass is 16.5. The Labute approximate surface area is 109 Å². The van der Waals surface area contributed by atoms with E-state index in [1.165, 1.54) is 25.7 Å². The second-order valence-corrected chi connectivity index (χ2v) is 5.35. The summed E-state index contributed by atoms with van der Waals surface area (Å²) in [6.45, 7) is 2.32. The first-order valence-electron chi connectivity index (χ1n) is 7.17. The number of fused-ring (bicyclic) bond motifs is 1. The van der Waals surface area contributed by atoms with Crippen molar-refractivity contribution in [3.63, 3.8) is 0 Å². The topological polar surface area (TPSA) is 46.6 Å². The van der Waals surface area contributed by atoms with Gasteiger partial charge in [0, 0.05) is 12.5 Å². The van der Waals surface area contributed by atoms with E-state index >= 15 is 0 Å². The van der Waals surface area contributed by atoms with Gasteiger partial charge in [-0.3, -0.25) is 9.59 Å². The normalized spacial score (nSPS) is 28.5. The zero-order valence-corrected chi connectivity index (χ0v) is 11.2. The van der Waals surface area contributed by atoms with Gasteiger partial charge in [-0.15, -0.1) is 0 Å². The van der Waals surface area contributed by atoms with Crippen LogP contribution in [0.3, 0.4) is 0 Å². The molecule has 4 nitrogen and oxygen atoms in total. The summed E-state index contributed by atoms with van der Waals surface area (Å²) in [4.78, 5) is 25.4. The fourth-order valence-electron chi connectivity index (χ4n) is 3.27. The molecule has 1 aliphatic heterocycles. The monoisotopic (exact) mass is 253 g/mol. The zero-order chi connectivity index (χ0) is 13.0. The van der Waals surface area contributed by atoms with Gasteiger partial charge in [-0.2, -0.15) is 0 Å². The molecule has 0 spiro atoms. The van der Waals surface area contributed by atoms with Crippen LogP contribution >= 0.6 is 0 Å². The molecule has 1 saturated heterocycles. The van der Waals surface area contributed by atoms with Gasteiger partial charge in [-0.1, -0.05) is 25.7 Å². The van der Waals surface area contributed by atoms with Crippen molar-refractivity contribution in [3.05, 3.63) is 0 Å². The van der Waals surface area contributed by atoms with Gasteiger partial charge >= 0.3 is 5.97 Å². The van der Waals surface area contributed by atoms with E-state index in [0.717, 1.165) is 12.8 Å². The van der Waals surface area contributed by atoms with Crippen LogP contribution in [0.25, 0.3) is 0 Å². The molecular formula is C14H23NO3. The molecule has 0 aromatic heterocycles. The van der Waals surface area contributed by atoms with Crippen LogP contribution in [-0.2, 0) is 14.3 Å². The molecule has 0 N–H and O–H groups in total. The second kappa shape index (κ2) is 6.21. The highest BCUT2D eigenvalue weighted by Crippen LogP contribution is 2.34. The van der Waals surface area contributed by atoms with Gasteiger partial charge in [-0.05, 0) is 25.7 Å². The maximum Gasteiger partial charge on any atom is 0.325 e. The van der Waals surface area contributed by atoms with Gasteiger partial charge in [0.2, 0.25) is 5.91 Å². The fraction of sp³-hybridized carbons (Fsp3) is 0.857. The summed E-state index contributed by atoms with van der Waals surface area (Å²) in [7, 11) is 0. The minimum Gasteiger partial charge on any atom is -0.465 e. The third-order valence-electron chi connectivity index (χ3n) is 4.13. The molecule has 1 aliphatic carbocycles. The van der Waals surface area contributed by atoms with Crippen molar-refractivity contribution in [1.82, 2.24) is 4.90 Å². The zero-order valence-electron chi connectivity index (χ0n) is 11.2. The highest BCUT2D eigenvalue weighted by Gasteiger charge is 2.40. The first-order chi connectivity index (χ1) is 8.72. The van der Waals surface area contributed by atoms with Crippen LogP contribution in [0.4, 0.5) is 0 Å². The minimum absolute atomic E-state index is 0.139. The number of carbonyl (C=O) groups excluding carboxylic acids is 2. The standard InChI is InChI=1S/C14H23NO3/c1-2-18-14(17)10-15-12-8-6-4-3-5-7-11(12)9-13(15)16/h11-12H,2-10H2,1H3/t11-,12-/m1/s1. The van der Waals surface area contributed by atoms with Crippen molar-refractivity contribution in [2.75, 3.05) is 13.2 Å². The second-order valence-electron chi connectivity index (χ2n) is 5.35. The van der Waals surface area contributed by atoms with Crippen LogP contribution in [0.5, 0.6) is 0 Å². The van der Waals surface area contributed by atoms with Gasteiger partial charge in [0.15, 0.2) is 0 Å². The smallest absolute Gasteiger partial charge is 0.325 e. The SMILES string of the molecule is CCOC(=O)CN1C(=O)C[C@H]2CCCCCC[C@H]21. The van der Waals surface area contributed by atoms with E-state index in [1.54, 1.807) is 11.8 Å². The highest BCUT2D eigenvalue weighted by molar-refractivity contribution is 5.84. The number of nitrogens with zero attached hydrogens (tertiary/aromatic N) is 1. The molecule has 0 unspecified atom stereocenters. The Bertz CT molecular complexity index is 316. The molecular weight excluding hydrogens is 230 g/mol. The number of ether oxygens (including phenoxy) is 1. The average molecular weight is 253 g/mol. The first-order valence-corrected chi connectivity index (χ1v) is 7.17. The van der Waals surface area contributed by atoms with Gasteiger partial charge in [0.1, 0.15) is 6.54 Å². The van der Waals surface area contributed by atoms with Crippen LogP contribution in [0, 0.1) is 5.92 Å². The number of likely N-dealkylation sites (tertiary alicyclic amines) is 1.